The molecule has 0 radical (unpaired) electrons. The van der Waals surface area contributed by atoms with Crippen molar-refractivity contribution >= 4 is 0 Å². The predicted molar refractivity (Wildman–Crippen MR) is 63.0 cm³/mol. The highest BCUT2D eigenvalue weighted by Crippen LogP contribution is 2.29. The minimum atomic E-state index is 0.708. The average Bonchev–Trinajstić information content (AvgIpc) is 2.57. The fourth-order valence-corrected chi connectivity index (χ4v) is 3.05. The van der Waals surface area contributed by atoms with Crippen molar-refractivity contribution in [1.82, 2.24) is 5.32 Å². The lowest BCUT2D eigenvalue weighted by Gasteiger charge is -2.35. The third-order valence-corrected chi connectivity index (χ3v) is 3.90. The van der Waals surface area contributed by atoms with E-state index in [-0.39, 0.29) is 0 Å². The van der Waals surface area contributed by atoms with Gasteiger partial charge in [0.05, 0.1) is 0 Å². The highest BCUT2D eigenvalue weighted by atomic mass is 15.0. The molecule has 3 rings (SSSR count). The molecule has 0 amide bonds. The largest absolute Gasteiger partial charge is 0.311 e. The van der Waals surface area contributed by atoms with E-state index in [0.29, 0.717) is 6.04 Å². The average molecular weight is 201 g/mol. The molecule has 2 aliphatic rings. The minimum absolute atomic E-state index is 0.708. The number of hydrogen-bond acceptors (Lipinski definition) is 1. The molecule has 0 bridgehead atoms. The smallest absolute Gasteiger partial charge is 0.0151 e. The first kappa shape index (κ1) is 9.41. The zero-order valence-electron chi connectivity index (χ0n) is 9.37. The summed E-state index contributed by atoms with van der Waals surface area (Å²) in [6, 6.07) is 10.4. The normalized spacial score (nSPS) is 29.9. The minimum Gasteiger partial charge on any atom is -0.311 e. The van der Waals surface area contributed by atoms with E-state index in [1.54, 1.807) is 11.1 Å². The lowest BCUT2D eigenvalue weighted by Crippen LogP contribution is -2.45. The maximum Gasteiger partial charge on any atom is 0.0151 e. The molecule has 0 aromatic heterocycles. The Bertz CT molecular complexity index is 327. The Labute approximate surface area is 91.9 Å². The Morgan fingerprint density at radius 3 is 2.13 bits per heavy atom. The van der Waals surface area contributed by atoms with Crippen molar-refractivity contribution in [2.24, 2.45) is 5.92 Å². The fraction of sp³-hybridized carbons (Fsp3) is 0.571. The first-order chi connectivity index (χ1) is 7.31. The van der Waals surface area contributed by atoms with Gasteiger partial charge >= 0.3 is 0 Å². The van der Waals surface area contributed by atoms with Crippen LogP contribution < -0.4 is 5.32 Å². The third-order valence-electron chi connectivity index (χ3n) is 3.90. The van der Waals surface area contributed by atoms with Crippen LogP contribution in [0.3, 0.4) is 0 Å². The van der Waals surface area contributed by atoms with E-state index in [4.69, 9.17) is 0 Å². The van der Waals surface area contributed by atoms with Crippen LogP contribution >= 0.6 is 0 Å². The molecule has 1 aromatic rings. The SMILES string of the molecule is CC1CC(NC2Cc3ccccc3C2)C1. The highest BCUT2D eigenvalue weighted by molar-refractivity contribution is 5.33. The summed E-state index contributed by atoms with van der Waals surface area (Å²) in [7, 11) is 0. The molecule has 1 fully saturated rings. The van der Waals surface area contributed by atoms with Gasteiger partial charge in [-0.3, -0.25) is 0 Å². The zero-order chi connectivity index (χ0) is 10.3. The summed E-state index contributed by atoms with van der Waals surface area (Å²) in [6.07, 6.45) is 5.24. The summed E-state index contributed by atoms with van der Waals surface area (Å²) in [6.45, 7) is 2.35. The molecule has 0 unspecified atom stereocenters. The molecular formula is C14H19N. The maximum atomic E-state index is 3.79. The van der Waals surface area contributed by atoms with E-state index in [1.807, 2.05) is 0 Å². The molecule has 0 spiro atoms. The van der Waals surface area contributed by atoms with Crippen LogP contribution in [0, 0.1) is 5.92 Å². The molecule has 1 N–H and O–H groups in total. The molecule has 2 aliphatic carbocycles. The lowest BCUT2D eigenvalue weighted by atomic mass is 9.81. The zero-order valence-corrected chi connectivity index (χ0v) is 9.37. The molecule has 1 heteroatoms. The molecule has 0 atom stereocenters. The summed E-state index contributed by atoms with van der Waals surface area (Å²) in [5, 5.41) is 3.79. The van der Waals surface area contributed by atoms with Crippen molar-refractivity contribution < 1.29 is 0 Å². The van der Waals surface area contributed by atoms with Gasteiger partial charge in [-0.05, 0) is 42.7 Å². The van der Waals surface area contributed by atoms with Gasteiger partial charge in [-0.25, -0.2) is 0 Å². The lowest BCUT2D eigenvalue weighted by molar-refractivity contribution is 0.223. The topological polar surface area (TPSA) is 12.0 Å². The van der Waals surface area contributed by atoms with Crippen LogP contribution in [0.5, 0.6) is 0 Å². The van der Waals surface area contributed by atoms with Gasteiger partial charge in [0.25, 0.3) is 0 Å². The third kappa shape index (κ3) is 1.81. The van der Waals surface area contributed by atoms with Gasteiger partial charge in [-0.2, -0.15) is 0 Å². The molecule has 1 saturated carbocycles. The van der Waals surface area contributed by atoms with Gasteiger partial charge < -0.3 is 5.32 Å². The van der Waals surface area contributed by atoms with E-state index in [0.717, 1.165) is 12.0 Å². The first-order valence-corrected chi connectivity index (χ1v) is 6.14. The van der Waals surface area contributed by atoms with Crippen LogP contribution in [0.4, 0.5) is 0 Å². The van der Waals surface area contributed by atoms with Gasteiger partial charge in [0.2, 0.25) is 0 Å². The molecule has 0 heterocycles. The Hall–Kier alpha value is -0.820. The molecule has 1 aromatic carbocycles. The Balaban J connectivity index is 1.59. The summed E-state index contributed by atoms with van der Waals surface area (Å²) in [5.74, 6) is 0.950. The van der Waals surface area contributed by atoms with Crippen LogP contribution in [-0.2, 0) is 12.8 Å². The highest BCUT2D eigenvalue weighted by Gasteiger charge is 2.29. The monoisotopic (exact) mass is 201 g/mol. The van der Waals surface area contributed by atoms with Crippen LogP contribution in [0.1, 0.15) is 30.9 Å². The Kier molecular flexibility index (Phi) is 2.28. The van der Waals surface area contributed by atoms with Crippen molar-refractivity contribution in [1.29, 1.82) is 0 Å². The van der Waals surface area contributed by atoms with Crippen molar-refractivity contribution in [3.8, 4) is 0 Å². The van der Waals surface area contributed by atoms with E-state index in [2.05, 4.69) is 36.5 Å². The number of rotatable bonds is 2. The van der Waals surface area contributed by atoms with E-state index in [1.165, 1.54) is 25.7 Å². The molecule has 80 valence electrons. The first-order valence-electron chi connectivity index (χ1n) is 6.14. The quantitative estimate of drug-likeness (QED) is 0.775. The van der Waals surface area contributed by atoms with Gasteiger partial charge in [-0.1, -0.05) is 31.2 Å². The van der Waals surface area contributed by atoms with Crippen LogP contribution in [0.15, 0.2) is 24.3 Å². The number of hydrogen-bond donors (Lipinski definition) is 1. The van der Waals surface area contributed by atoms with Gasteiger partial charge in [0.15, 0.2) is 0 Å². The summed E-state index contributed by atoms with van der Waals surface area (Å²) < 4.78 is 0. The van der Waals surface area contributed by atoms with Crippen molar-refractivity contribution in [2.75, 3.05) is 0 Å². The number of fused-ring (bicyclic) bond motifs is 1. The van der Waals surface area contributed by atoms with Crippen LogP contribution in [0.25, 0.3) is 0 Å². The van der Waals surface area contributed by atoms with Gasteiger partial charge in [0, 0.05) is 12.1 Å². The molecule has 1 nitrogen and oxygen atoms in total. The Morgan fingerprint density at radius 2 is 1.60 bits per heavy atom. The maximum absolute atomic E-state index is 3.79. The van der Waals surface area contributed by atoms with Crippen LogP contribution in [-0.4, -0.2) is 12.1 Å². The fourth-order valence-electron chi connectivity index (χ4n) is 3.05. The Morgan fingerprint density at radius 1 is 1.00 bits per heavy atom. The van der Waals surface area contributed by atoms with E-state index in [9.17, 15) is 0 Å². The molecule has 0 saturated heterocycles. The second-order valence-corrected chi connectivity index (χ2v) is 5.31. The second-order valence-electron chi connectivity index (χ2n) is 5.31. The molecule has 0 aliphatic heterocycles. The van der Waals surface area contributed by atoms with Gasteiger partial charge in [0.1, 0.15) is 0 Å². The van der Waals surface area contributed by atoms with Crippen molar-refractivity contribution in [3.63, 3.8) is 0 Å². The second kappa shape index (κ2) is 3.64. The number of benzene rings is 1. The molecule has 15 heavy (non-hydrogen) atoms. The van der Waals surface area contributed by atoms with Crippen LogP contribution in [0.2, 0.25) is 0 Å². The van der Waals surface area contributed by atoms with E-state index < -0.39 is 0 Å². The molecular weight excluding hydrogens is 182 g/mol. The number of nitrogens with one attached hydrogen (secondary N) is 1. The van der Waals surface area contributed by atoms with Gasteiger partial charge in [-0.15, -0.1) is 0 Å². The van der Waals surface area contributed by atoms with E-state index >= 15 is 0 Å². The summed E-state index contributed by atoms with van der Waals surface area (Å²) in [5.41, 5.74) is 3.12. The van der Waals surface area contributed by atoms with Crippen molar-refractivity contribution in [3.05, 3.63) is 35.4 Å². The standard InChI is InChI=1S/C14H19N/c1-10-6-13(7-10)15-14-8-11-4-2-3-5-12(11)9-14/h2-5,10,13-15H,6-9H2,1H3. The summed E-state index contributed by atoms with van der Waals surface area (Å²) >= 11 is 0. The predicted octanol–water partition coefficient (Wildman–Crippen LogP) is 2.54. The summed E-state index contributed by atoms with van der Waals surface area (Å²) in [4.78, 5) is 0. The van der Waals surface area contributed by atoms with Crippen molar-refractivity contribution in [2.45, 2.75) is 44.7 Å².